The summed E-state index contributed by atoms with van der Waals surface area (Å²) in [6.07, 6.45) is 3.17. The number of pyridine rings is 1. The van der Waals surface area contributed by atoms with Crippen molar-refractivity contribution in [3.8, 4) is 0 Å². The van der Waals surface area contributed by atoms with Gasteiger partial charge in [0.2, 0.25) is 0 Å². The molecular weight excluding hydrogens is 233 g/mol. The van der Waals surface area contributed by atoms with Crippen LogP contribution in [-0.4, -0.2) is 35.9 Å². The smallest absolute Gasteiger partial charge is 0.256 e. The van der Waals surface area contributed by atoms with Crippen LogP contribution in [0.2, 0.25) is 0 Å². The summed E-state index contributed by atoms with van der Waals surface area (Å²) < 4.78 is 14.1. The van der Waals surface area contributed by atoms with Gasteiger partial charge in [0.25, 0.3) is 5.91 Å². The van der Waals surface area contributed by atoms with Crippen LogP contribution in [0.4, 0.5) is 10.2 Å². The Morgan fingerprint density at radius 3 is 2.78 bits per heavy atom. The van der Waals surface area contributed by atoms with E-state index in [-0.39, 0.29) is 17.3 Å². The van der Waals surface area contributed by atoms with Gasteiger partial charge in [-0.2, -0.15) is 0 Å². The van der Waals surface area contributed by atoms with Crippen molar-refractivity contribution in [2.75, 3.05) is 25.5 Å². The molecule has 1 amide bonds. The first-order valence-corrected chi connectivity index (χ1v) is 6.25. The molecule has 100 valence electrons. The van der Waals surface area contributed by atoms with E-state index in [1.165, 1.54) is 17.2 Å². The summed E-state index contributed by atoms with van der Waals surface area (Å²) in [7, 11) is 1.67. The zero-order valence-corrected chi connectivity index (χ0v) is 11.2. The highest BCUT2D eigenvalue weighted by Gasteiger charge is 2.18. The Morgan fingerprint density at radius 2 is 2.17 bits per heavy atom. The van der Waals surface area contributed by atoms with Gasteiger partial charge < -0.3 is 10.2 Å². The van der Waals surface area contributed by atoms with Crippen LogP contribution in [0.15, 0.2) is 12.3 Å². The third-order valence-electron chi connectivity index (χ3n) is 2.57. The Balaban J connectivity index is 2.92. The topological polar surface area (TPSA) is 45.2 Å². The zero-order valence-electron chi connectivity index (χ0n) is 11.2. The van der Waals surface area contributed by atoms with E-state index in [1.807, 2.05) is 13.8 Å². The van der Waals surface area contributed by atoms with E-state index in [4.69, 9.17) is 0 Å². The van der Waals surface area contributed by atoms with Gasteiger partial charge in [-0.3, -0.25) is 4.79 Å². The van der Waals surface area contributed by atoms with Gasteiger partial charge in [0, 0.05) is 26.3 Å². The van der Waals surface area contributed by atoms with Gasteiger partial charge in [0.1, 0.15) is 0 Å². The molecule has 0 unspecified atom stereocenters. The second kappa shape index (κ2) is 6.93. The minimum atomic E-state index is -0.570. The highest BCUT2D eigenvalue weighted by molar-refractivity contribution is 5.95. The van der Waals surface area contributed by atoms with Crippen LogP contribution in [0.25, 0.3) is 0 Å². The Hall–Kier alpha value is -1.65. The van der Waals surface area contributed by atoms with Crippen molar-refractivity contribution >= 4 is 11.7 Å². The lowest BCUT2D eigenvalue weighted by Crippen LogP contribution is -2.28. The van der Waals surface area contributed by atoms with E-state index in [0.29, 0.717) is 13.1 Å². The van der Waals surface area contributed by atoms with Crippen molar-refractivity contribution in [1.29, 1.82) is 0 Å². The van der Waals surface area contributed by atoms with Crippen molar-refractivity contribution in [3.63, 3.8) is 0 Å². The first-order chi connectivity index (χ1) is 8.61. The molecule has 0 bridgehead atoms. The molecule has 0 aliphatic rings. The maximum absolute atomic E-state index is 14.1. The molecule has 0 saturated carbocycles. The number of anilines is 1. The van der Waals surface area contributed by atoms with Crippen LogP contribution in [-0.2, 0) is 0 Å². The fraction of sp³-hybridized carbons (Fsp3) is 0.538. The Labute approximate surface area is 107 Å². The number of halogens is 1. The van der Waals surface area contributed by atoms with Crippen LogP contribution < -0.4 is 5.32 Å². The van der Waals surface area contributed by atoms with E-state index in [9.17, 15) is 9.18 Å². The zero-order chi connectivity index (χ0) is 13.5. The SMILES string of the molecule is CCCNc1nccc(C(=O)N(C)CCC)c1F. The lowest BCUT2D eigenvalue weighted by Gasteiger charge is -2.17. The Kier molecular flexibility index (Phi) is 5.55. The molecule has 0 atom stereocenters. The molecule has 0 spiro atoms. The summed E-state index contributed by atoms with van der Waals surface area (Å²) in [5.74, 6) is -0.734. The van der Waals surface area contributed by atoms with Crippen LogP contribution in [0.5, 0.6) is 0 Å². The lowest BCUT2D eigenvalue weighted by molar-refractivity contribution is 0.0790. The molecule has 1 aromatic rings. The van der Waals surface area contributed by atoms with Gasteiger partial charge in [-0.15, -0.1) is 0 Å². The van der Waals surface area contributed by atoms with Crippen molar-refractivity contribution in [1.82, 2.24) is 9.88 Å². The van der Waals surface area contributed by atoms with E-state index in [2.05, 4.69) is 10.3 Å². The number of hydrogen-bond acceptors (Lipinski definition) is 3. The van der Waals surface area contributed by atoms with Crippen LogP contribution >= 0.6 is 0 Å². The first-order valence-electron chi connectivity index (χ1n) is 6.25. The fourth-order valence-electron chi connectivity index (χ4n) is 1.62. The van der Waals surface area contributed by atoms with Crippen molar-refractivity contribution in [2.24, 2.45) is 0 Å². The highest BCUT2D eigenvalue weighted by Crippen LogP contribution is 2.16. The molecular formula is C13H20FN3O. The molecule has 0 aliphatic heterocycles. The third kappa shape index (κ3) is 3.42. The molecule has 1 rings (SSSR count). The molecule has 1 heterocycles. The Morgan fingerprint density at radius 1 is 1.44 bits per heavy atom. The van der Waals surface area contributed by atoms with E-state index < -0.39 is 5.82 Å². The average Bonchev–Trinajstić information content (AvgIpc) is 2.37. The highest BCUT2D eigenvalue weighted by atomic mass is 19.1. The molecule has 5 heteroatoms. The summed E-state index contributed by atoms with van der Waals surface area (Å²) in [6.45, 7) is 5.19. The quantitative estimate of drug-likeness (QED) is 0.847. The number of carbonyl (C=O) groups excluding carboxylic acids is 1. The standard InChI is InChI=1S/C13H20FN3O/c1-4-7-15-12-11(14)10(6-8-16-12)13(18)17(3)9-5-2/h6,8H,4-5,7,9H2,1-3H3,(H,15,16). The minimum absolute atomic E-state index is 0.0690. The van der Waals surface area contributed by atoms with Crippen molar-refractivity contribution < 1.29 is 9.18 Å². The number of carbonyl (C=O) groups is 1. The van der Waals surface area contributed by atoms with Crippen molar-refractivity contribution in [2.45, 2.75) is 26.7 Å². The predicted octanol–water partition coefficient (Wildman–Crippen LogP) is 2.52. The van der Waals surface area contributed by atoms with Crippen LogP contribution in [0.3, 0.4) is 0 Å². The molecule has 0 fully saturated rings. The first kappa shape index (κ1) is 14.4. The number of nitrogens with one attached hydrogen (secondary N) is 1. The van der Waals surface area contributed by atoms with Gasteiger partial charge in [-0.1, -0.05) is 13.8 Å². The van der Waals surface area contributed by atoms with E-state index >= 15 is 0 Å². The normalized spacial score (nSPS) is 10.2. The van der Waals surface area contributed by atoms with E-state index in [1.54, 1.807) is 7.05 Å². The summed E-state index contributed by atoms with van der Waals surface area (Å²) in [5, 5.41) is 2.87. The lowest BCUT2D eigenvalue weighted by atomic mass is 10.2. The van der Waals surface area contributed by atoms with Crippen LogP contribution in [0.1, 0.15) is 37.0 Å². The van der Waals surface area contributed by atoms with Gasteiger partial charge in [0.15, 0.2) is 11.6 Å². The van der Waals surface area contributed by atoms with Gasteiger partial charge in [-0.25, -0.2) is 9.37 Å². The maximum Gasteiger partial charge on any atom is 0.256 e. The molecule has 18 heavy (non-hydrogen) atoms. The fourth-order valence-corrected chi connectivity index (χ4v) is 1.62. The molecule has 0 aliphatic carbocycles. The molecule has 1 aromatic heterocycles. The average molecular weight is 253 g/mol. The molecule has 1 N–H and O–H groups in total. The third-order valence-corrected chi connectivity index (χ3v) is 2.57. The summed E-state index contributed by atoms with van der Waals surface area (Å²) >= 11 is 0. The monoisotopic (exact) mass is 253 g/mol. The maximum atomic E-state index is 14.1. The molecule has 4 nitrogen and oxygen atoms in total. The molecule has 0 aromatic carbocycles. The van der Waals surface area contributed by atoms with Crippen LogP contribution in [0, 0.1) is 5.82 Å². The van der Waals surface area contributed by atoms with E-state index in [0.717, 1.165) is 12.8 Å². The largest absolute Gasteiger partial charge is 0.368 e. The number of hydrogen-bond donors (Lipinski definition) is 1. The number of amides is 1. The second-order valence-electron chi connectivity index (χ2n) is 4.17. The second-order valence-corrected chi connectivity index (χ2v) is 4.17. The Bertz CT molecular complexity index is 409. The summed E-state index contributed by atoms with van der Waals surface area (Å²) in [5.41, 5.74) is 0.0690. The van der Waals surface area contributed by atoms with Crippen molar-refractivity contribution in [3.05, 3.63) is 23.6 Å². The predicted molar refractivity (Wildman–Crippen MR) is 70.2 cm³/mol. The summed E-state index contributed by atoms with van der Waals surface area (Å²) in [6, 6.07) is 1.42. The number of rotatable bonds is 6. The molecule has 0 saturated heterocycles. The summed E-state index contributed by atoms with van der Waals surface area (Å²) in [4.78, 5) is 17.4. The van der Waals surface area contributed by atoms with Gasteiger partial charge >= 0.3 is 0 Å². The number of aromatic nitrogens is 1. The molecule has 0 radical (unpaired) electrons. The number of nitrogens with zero attached hydrogens (tertiary/aromatic N) is 2. The van der Waals surface area contributed by atoms with Gasteiger partial charge in [0.05, 0.1) is 5.56 Å². The van der Waals surface area contributed by atoms with Gasteiger partial charge in [-0.05, 0) is 18.9 Å². The minimum Gasteiger partial charge on any atom is -0.368 e.